The van der Waals surface area contributed by atoms with Gasteiger partial charge in [0.05, 0.1) is 6.54 Å². The van der Waals surface area contributed by atoms with Gasteiger partial charge in [0, 0.05) is 22.0 Å². The summed E-state index contributed by atoms with van der Waals surface area (Å²) in [5.41, 5.74) is 4.37. The molecule has 2 N–H and O–H groups in total. The van der Waals surface area contributed by atoms with Crippen molar-refractivity contribution in [2.75, 3.05) is 11.9 Å². The first-order chi connectivity index (χ1) is 13.2. The van der Waals surface area contributed by atoms with Gasteiger partial charge in [0.15, 0.2) is 5.69 Å². The summed E-state index contributed by atoms with van der Waals surface area (Å²) in [6.45, 7) is 0.469. The van der Waals surface area contributed by atoms with Crippen molar-refractivity contribution in [1.29, 1.82) is 0 Å². The first-order valence-corrected chi connectivity index (χ1v) is 9.09. The lowest BCUT2D eigenvalue weighted by molar-refractivity contribution is 0.0620. The van der Waals surface area contributed by atoms with Crippen molar-refractivity contribution >= 4 is 29.3 Å². The van der Waals surface area contributed by atoms with Crippen LogP contribution in [0.3, 0.4) is 0 Å². The van der Waals surface area contributed by atoms with Crippen LogP contribution in [0.2, 0.25) is 5.02 Å². The highest BCUT2D eigenvalue weighted by Gasteiger charge is 2.17. The number of para-hydroxylation sites is 1. The molecule has 0 bridgehead atoms. The molecule has 1 aromatic heterocycles. The molecular formula is C21H18ClN3O2. The van der Waals surface area contributed by atoms with Gasteiger partial charge in [-0.2, -0.15) is 5.10 Å². The second-order valence-electron chi connectivity index (χ2n) is 6.35. The number of carbonyl (C=O) groups excluding carboxylic acids is 1. The number of benzene rings is 2. The van der Waals surface area contributed by atoms with Crippen LogP contribution in [0.15, 0.2) is 60.4 Å². The Balaban J connectivity index is 1.37. The van der Waals surface area contributed by atoms with E-state index in [1.54, 1.807) is 6.07 Å². The minimum Gasteiger partial charge on any atom is -0.424 e. The number of fused-ring (bicyclic) bond motifs is 1. The number of hydrogen-bond acceptors (Lipinski definition) is 4. The Morgan fingerprint density at radius 2 is 1.93 bits per heavy atom. The number of ether oxygens (including phenoxy) is 1. The SMILES string of the molecule is O=C(OC1=Cc2ccccc2NC1)c1cc(CCc2ccc(Cl)cc2)[nH]n1. The highest BCUT2D eigenvalue weighted by Crippen LogP contribution is 2.24. The second-order valence-corrected chi connectivity index (χ2v) is 6.78. The highest BCUT2D eigenvalue weighted by atomic mass is 35.5. The van der Waals surface area contributed by atoms with E-state index in [1.165, 1.54) is 5.56 Å². The van der Waals surface area contributed by atoms with Crippen molar-refractivity contribution in [3.05, 3.63) is 87.9 Å². The molecule has 0 fully saturated rings. The van der Waals surface area contributed by atoms with Gasteiger partial charge in [-0.05, 0) is 48.7 Å². The minimum atomic E-state index is -0.462. The first kappa shape index (κ1) is 17.4. The van der Waals surface area contributed by atoms with Crippen LogP contribution in [-0.2, 0) is 17.6 Å². The summed E-state index contributed by atoms with van der Waals surface area (Å²) >= 11 is 5.90. The van der Waals surface area contributed by atoms with E-state index < -0.39 is 5.97 Å². The average molecular weight is 380 g/mol. The molecule has 2 heterocycles. The lowest BCUT2D eigenvalue weighted by Gasteiger charge is -2.17. The number of aryl methyl sites for hydroxylation is 2. The van der Waals surface area contributed by atoms with E-state index in [2.05, 4.69) is 15.5 Å². The predicted octanol–water partition coefficient (Wildman–Crippen LogP) is 4.47. The number of hydrogen-bond donors (Lipinski definition) is 2. The molecule has 6 heteroatoms. The highest BCUT2D eigenvalue weighted by molar-refractivity contribution is 6.30. The number of anilines is 1. The molecule has 0 unspecified atom stereocenters. The van der Waals surface area contributed by atoms with E-state index in [-0.39, 0.29) is 5.69 Å². The third-order valence-electron chi connectivity index (χ3n) is 4.39. The van der Waals surface area contributed by atoms with Crippen molar-refractivity contribution in [2.24, 2.45) is 0 Å². The normalized spacial score (nSPS) is 12.7. The quantitative estimate of drug-likeness (QED) is 0.642. The maximum Gasteiger partial charge on any atom is 0.363 e. The fourth-order valence-corrected chi connectivity index (χ4v) is 3.08. The van der Waals surface area contributed by atoms with Crippen LogP contribution < -0.4 is 5.32 Å². The predicted molar refractivity (Wildman–Crippen MR) is 106 cm³/mol. The molecule has 1 aliphatic rings. The van der Waals surface area contributed by atoms with Crippen LogP contribution in [-0.4, -0.2) is 22.7 Å². The van der Waals surface area contributed by atoms with Crippen LogP contribution in [0.25, 0.3) is 6.08 Å². The van der Waals surface area contributed by atoms with Crippen LogP contribution in [0, 0.1) is 0 Å². The average Bonchev–Trinajstić information content (AvgIpc) is 3.17. The molecule has 0 saturated carbocycles. The molecule has 0 aliphatic carbocycles. The molecule has 1 aliphatic heterocycles. The fraction of sp³-hybridized carbons (Fsp3) is 0.143. The third kappa shape index (κ3) is 4.20. The number of carbonyl (C=O) groups is 1. The van der Waals surface area contributed by atoms with Crippen molar-refractivity contribution in [3.8, 4) is 0 Å². The molecule has 5 nitrogen and oxygen atoms in total. The van der Waals surface area contributed by atoms with Gasteiger partial charge in [-0.25, -0.2) is 4.79 Å². The van der Waals surface area contributed by atoms with Gasteiger partial charge in [0.25, 0.3) is 0 Å². The molecule has 0 atom stereocenters. The number of aromatic amines is 1. The van der Waals surface area contributed by atoms with Crippen molar-refractivity contribution in [3.63, 3.8) is 0 Å². The number of rotatable bonds is 5. The zero-order chi connectivity index (χ0) is 18.6. The largest absolute Gasteiger partial charge is 0.424 e. The van der Waals surface area contributed by atoms with E-state index in [0.717, 1.165) is 34.8 Å². The summed E-state index contributed by atoms with van der Waals surface area (Å²) in [4.78, 5) is 12.4. The Morgan fingerprint density at radius 3 is 2.78 bits per heavy atom. The lowest BCUT2D eigenvalue weighted by Crippen LogP contribution is -2.16. The van der Waals surface area contributed by atoms with E-state index in [9.17, 15) is 4.79 Å². The molecule has 0 spiro atoms. The molecule has 2 aromatic carbocycles. The van der Waals surface area contributed by atoms with Crippen LogP contribution in [0.1, 0.15) is 27.3 Å². The van der Waals surface area contributed by atoms with Crippen LogP contribution >= 0.6 is 11.6 Å². The summed E-state index contributed by atoms with van der Waals surface area (Å²) < 4.78 is 5.49. The lowest BCUT2D eigenvalue weighted by atomic mass is 10.1. The molecule has 27 heavy (non-hydrogen) atoms. The zero-order valence-electron chi connectivity index (χ0n) is 14.5. The van der Waals surface area contributed by atoms with Gasteiger partial charge in [-0.15, -0.1) is 0 Å². The molecular weight excluding hydrogens is 362 g/mol. The Kier molecular flexibility index (Phi) is 4.94. The molecule has 3 aromatic rings. The Morgan fingerprint density at radius 1 is 1.11 bits per heavy atom. The van der Waals surface area contributed by atoms with Crippen LogP contribution in [0.4, 0.5) is 5.69 Å². The smallest absolute Gasteiger partial charge is 0.363 e. The number of esters is 1. The summed E-state index contributed by atoms with van der Waals surface area (Å²) in [6, 6.07) is 17.3. The summed E-state index contributed by atoms with van der Waals surface area (Å²) in [5.74, 6) is 0.112. The summed E-state index contributed by atoms with van der Waals surface area (Å²) in [5, 5.41) is 10.9. The van der Waals surface area contributed by atoms with Gasteiger partial charge in [-0.3, -0.25) is 5.10 Å². The minimum absolute atomic E-state index is 0.279. The Bertz CT molecular complexity index is 993. The first-order valence-electron chi connectivity index (χ1n) is 8.72. The van der Waals surface area contributed by atoms with Crippen molar-refractivity contribution < 1.29 is 9.53 Å². The zero-order valence-corrected chi connectivity index (χ0v) is 15.3. The second kappa shape index (κ2) is 7.68. The number of halogens is 1. The topological polar surface area (TPSA) is 67.0 Å². The van der Waals surface area contributed by atoms with Gasteiger partial charge in [0.2, 0.25) is 0 Å². The van der Waals surface area contributed by atoms with Gasteiger partial charge in [-0.1, -0.05) is 41.9 Å². The van der Waals surface area contributed by atoms with E-state index in [4.69, 9.17) is 16.3 Å². The van der Waals surface area contributed by atoms with Gasteiger partial charge in [0.1, 0.15) is 5.76 Å². The molecule has 0 radical (unpaired) electrons. The molecule has 0 saturated heterocycles. The molecule has 0 amide bonds. The Labute approximate surface area is 162 Å². The van der Waals surface area contributed by atoms with Crippen molar-refractivity contribution in [2.45, 2.75) is 12.8 Å². The maximum absolute atomic E-state index is 12.4. The standard InChI is InChI=1S/C21H18ClN3O2/c22-16-8-5-14(6-9-16)7-10-17-12-20(25-24-17)21(26)27-18-11-15-3-1-2-4-19(15)23-13-18/h1-6,8-9,11-12,23H,7,10,13H2,(H,24,25). The number of nitrogens with one attached hydrogen (secondary N) is 2. The Hall–Kier alpha value is -3.05. The van der Waals surface area contributed by atoms with E-state index in [0.29, 0.717) is 12.3 Å². The van der Waals surface area contributed by atoms with Gasteiger partial charge >= 0.3 is 5.97 Å². The van der Waals surface area contributed by atoms with Crippen LogP contribution in [0.5, 0.6) is 0 Å². The fourth-order valence-electron chi connectivity index (χ4n) is 2.95. The van der Waals surface area contributed by atoms with Gasteiger partial charge < -0.3 is 10.1 Å². The molecule has 4 rings (SSSR count). The summed E-state index contributed by atoms with van der Waals surface area (Å²) in [7, 11) is 0. The number of H-pyrrole nitrogens is 1. The van der Waals surface area contributed by atoms with E-state index in [1.807, 2.05) is 54.6 Å². The van der Waals surface area contributed by atoms with E-state index >= 15 is 0 Å². The number of nitrogens with zero attached hydrogens (tertiary/aromatic N) is 1. The number of aromatic nitrogens is 2. The monoisotopic (exact) mass is 379 g/mol. The maximum atomic E-state index is 12.4. The third-order valence-corrected chi connectivity index (χ3v) is 4.64. The van der Waals surface area contributed by atoms with Crippen molar-refractivity contribution in [1.82, 2.24) is 10.2 Å². The summed E-state index contributed by atoms with van der Waals surface area (Å²) in [6.07, 6.45) is 3.46. The molecule has 136 valence electrons.